The number of carbonyl (C=O) groups excluding carboxylic acids is 1. The first-order valence-electron chi connectivity index (χ1n) is 6.46. The Bertz CT molecular complexity index is 184. The fraction of sp³-hybridized carbons (Fsp3) is 0.923. The molecule has 4 nitrogen and oxygen atoms in total. The Labute approximate surface area is 106 Å². The van der Waals surface area contributed by atoms with E-state index in [1.54, 1.807) is 6.92 Å². The van der Waals surface area contributed by atoms with Crippen molar-refractivity contribution in [2.75, 3.05) is 20.1 Å². The van der Waals surface area contributed by atoms with Crippen molar-refractivity contribution in [3.05, 3.63) is 0 Å². The molecule has 0 aliphatic carbocycles. The van der Waals surface area contributed by atoms with Gasteiger partial charge in [-0.3, -0.25) is 0 Å². The van der Waals surface area contributed by atoms with Gasteiger partial charge in [-0.2, -0.15) is 0 Å². The minimum atomic E-state index is -0.903. The van der Waals surface area contributed by atoms with Crippen molar-refractivity contribution in [2.24, 2.45) is 5.92 Å². The highest BCUT2D eigenvalue weighted by molar-refractivity contribution is 5.67. The van der Waals surface area contributed by atoms with E-state index in [0.717, 1.165) is 25.9 Å². The molecule has 17 heavy (non-hydrogen) atoms. The maximum absolute atomic E-state index is 10.2. The van der Waals surface area contributed by atoms with Crippen LogP contribution in [0.25, 0.3) is 0 Å². The van der Waals surface area contributed by atoms with Gasteiger partial charge < -0.3 is 19.9 Å². The average Bonchev–Trinajstić information content (AvgIpc) is 2.25. The molecular formula is C13H28NO3-. The SMILES string of the molecule is CCCC(CC)C(=O)[O-].CCN(C)CC(C)O. The molecule has 0 aromatic heterocycles. The van der Waals surface area contributed by atoms with Crippen LogP contribution in [0, 0.1) is 5.92 Å². The first-order valence-corrected chi connectivity index (χ1v) is 6.46. The monoisotopic (exact) mass is 246 g/mol. The highest BCUT2D eigenvalue weighted by Crippen LogP contribution is 2.08. The number of carbonyl (C=O) groups is 1. The molecule has 0 saturated carbocycles. The zero-order chi connectivity index (χ0) is 13.8. The number of aliphatic carboxylic acids is 1. The fourth-order valence-electron chi connectivity index (χ4n) is 1.42. The average molecular weight is 246 g/mol. The van der Waals surface area contributed by atoms with E-state index in [2.05, 4.69) is 11.8 Å². The second-order valence-corrected chi connectivity index (χ2v) is 4.42. The van der Waals surface area contributed by atoms with E-state index in [9.17, 15) is 9.90 Å². The normalized spacial score (nSPS) is 13.8. The molecule has 0 radical (unpaired) electrons. The van der Waals surface area contributed by atoms with Crippen molar-refractivity contribution in [3.8, 4) is 0 Å². The van der Waals surface area contributed by atoms with Crippen LogP contribution >= 0.6 is 0 Å². The molecule has 0 aliphatic rings. The van der Waals surface area contributed by atoms with Crippen LogP contribution in [0.15, 0.2) is 0 Å². The number of hydrogen-bond donors (Lipinski definition) is 1. The third kappa shape index (κ3) is 13.3. The molecule has 0 fully saturated rings. The van der Waals surface area contributed by atoms with E-state index in [1.807, 2.05) is 20.9 Å². The Morgan fingerprint density at radius 3 is 2.00 bits per heavy atom. The standard InChI is InChI=1S/C7H14O2.C6H15NO/c1-3-5-6(4-2)7(8)9;1-4-7(3)5-6(2)8/h6H,3-5H2,1-2H3,(H,8,9);6,8H,4-5H2,1-3H3/p-1. The van der Waals surface area contributed by atoms with E-state index in [-0.39, 0.29) is 12.0 Å². The lowest BCUT2D eigenvalue weighted by molar-refractivity contribution is -0.311. The van der Waals surface area contributed by atoms with Crippen LogP contribution in [0.1, 0.15) is 47.0 Å². The second-order valence-electron chi connectivity index (χ2n) is 4.42. The zero-order valence-corrected chi connectivity index (χ0v) is 11.9. The van der Waals surface area contributed by atoms with Crippen molar-refractivity contribution in [2.45, 2.75) is 53.1 Å². The lowest BCUT2D eigenvalue weighted by Crippen LogP contribution is -2.30. The Hall–Kier alpha value is -0.610. The molecule has 0 aromatic rings. The predicted molar refractivity (Wildman–Crippen MR) is 68.5 cm³/mol. The summed E-state index contributed by atoms with van der Waals surface area (Å²) >= 11 is 0. The van der Waals surface area contributed by atoms with E-state index < -0.39 is 5.97 Å². The Morgan fingerprint density at radius 2 is 1.88 bits per heavy atom. The minimum Gasteiger partial charge on any atom is -0.550 e. The van der Waals surface area contributed by atoms with E-state index >= 15 is 0 Å². The zero-order valence-electron chi connectivity index (χ0n) is 11.9. The van der Waals surface area contributed by atoms with Crippen LogP contribution in [-0.4, -0.2) is 42.2 Å². The maximum atomic E-state index is 10.2. The highest BCUT2D eigenvalue weighted by Gasteiger charge is 2.03. The molecule has 104 valence electrons. The van der Waals surface area contributed by atoms with Crippen LogP contribution in [0.5, 0.6) is 0 Å². The summed E-state index contributed by atoms with van der Waals surface area (Å²) in [5.74, 6) is -1.13. The number of aliphatic hydroxyl groups excluding tert-OH is 1. The number of carboxylic acids is 1. The molecule has 2 unspecified atom stereocenters. The number of carboxylic acid groups (broad SMARTS) is 1. The van der Waals surface area contributed by atoms with Crippen molar-refractivity contribution in [3.63, 3.8) is 0 Å². The van der Waals surface area contributed by atoms with Gasteiger partial charge in [-0.05, 0) is 39.3 Å². The van der Waals surface area contributed by atoms with Crippen LogP contribution in [0.4, 0.5) is 0 Å². The Balaban J connectivity index is 0. The number of likely N-dealkylation sites (N-methyl/N-ethyl adjacent to an activating group) is 1. The smallest absolute Gasteiger partial charge is 0.0638 e. The molecular weight excluding hydrogens is 218 g/mol. The molecule has 0 rings (SSSR count). The molecule has 0 saturated heterocycles. The van der Waals surface area contributed by atoms with Crippen molar-refractivity contribution < 1.29 is 15.0 Å². The number of hydrogen-bond acceptors (Lipinski definition) is 4. The van der Waals surface area contributed by atoms with Crippen LogP contribution in [-0.2, 0) is 4.79 Å². The molecule has 0 aromatic carbocycles. The predicted octanol–water partition coefficient (Wildman–Crippen LogP) is 0.881. The van der Waals surface area contributed by atoms with Gasteiger partial charge in [0, 0.05) is 12.5 Å². The summed E-state index contributed by atoms with van der Waals surface area (Å²) in [6.45, 7) is 9.50. The third-order valence-corrected chi connectivity index (χ3v) is 2.58. The van der Waals surface area contributed by atoms with Crippen LogP contribution < -0.4 is 5.11 Å². The largest absolute Gasteiger partial charge is 0.550 e. The maximum Gasteiger partial charge on any atom is 0.0638 e. The van der Waals surface area contributed by atoms with Gasteiger partial charge >= 0.3 is 0 Å². The van der Waals surface area contributed by atoms with Gasteiger partial charge in [0.1, 0.15) is 0 Å². The van der Waals surface area contributed by atoms with Gasteiger partial charge in [-0.15, -0.1) is 0 Å². The molecule has 0 spiro atoms. The second kappa shape index (κ2) is 11.9. The minimum absolute atomic E-state index is 0.194. The van der Waals surface area contributed by atoms with Gasteiger partial charge in [0.25, 0.3) is 0 Å². The number of aliphatic hydroxyl groups is 1. The summed E-state index contributed by atoms with van der Waals surface area (Å²) in [4.78, 5) is 12.3. The van der Waals surface area contributed by atoms with Crippen LogP contribution in [0.2, 0.25) is 0 Å². The Kier molecular flexibility index (Phi) is 13.1. The topological polar surface area (TPSA) is 63.6 Å². The summed E-state index contributed by atoms with van der Waals surface area (Å²) in [5.41, 5.74) is 0. The lowest BCUT2D eigenvalue weighted by Gasteiger charge is -2.14. The third-order valence-electron chi connectivity index (χ3n) is 2.58. The lowest BCUT2D eigenvalue weighted by atomic mass is 10.0. The van der Waals surface area contributed by atoms with E-state index in [1.165, 1.54) is 0 Å². The van der Waals surface area contributed by atoms with E-state index in [0.29, 0.717) is 6.42 Å². The molecule has 0 aliphatic heterocycles. The molecule has 0 amide bonds. The Morgan fingerprint density at radius 1 is 1.35 bits per heavy atom. The summed E-state index contributed by atoms with van der Waals surface area (Å²) in [6.07, 6.45) is 2.17. The van der Waals surface area contributed by atoms with Crippen molar-refractivity contribution in [1.82, 2.24) is 4.90 Å². The summed E-state index contributed by atoms with van der Waals surface area (Å²) in [5, 5.41) is 19.0. The van der Waals surface area contributed by atoms with E-state index in [4.69, 9.17) is 5.11 Å². The first-order chi connectivity index (χ1) is 7.88. The number of nitrogens with zero attached hydrogens (tertiary/aromatic N) is 1. The quantitative estimate of drug-likeness (QED) is 0.724. The van der Waals surface area contributed by atoms with Gasteiger partial charge in [-0.1, -0.05) is 27.2 Å². The van der Waals surface area contributed by atoms with Crippen molar-refractivity contribution >= 4 is 5.97 Å². The fourth-order valence-corrected chi connectivity index (χ4v) is 1.42. The molecule has 4 heteroatoms. The molecule has 0 bridgehead atoms. The van der Waals surface area contributed by atoms with Gasteiger partial charge in [-0.25, -0.2) is 0 Å². The highest BCUT2D eigenvalue weighted by atomic mass is 16.4. The van der Waals surface area contributed by atoms with Gasteiger partial charge in [0.15, 0.2) is 0 Å². The number of rotatable bonds is 7. The van der Waals surface area contributed by atoms with Gasteiger partial charge in [0.05, 0.1) is 6.10 Å². The molecule has 0 heterocycles. The van der Waals surface area contributed by atoms with Gasteiger partial charge in [0.2, 0.25) is 0 Å². The summed E-state index contributed by atoms with van der Waals surface area (Å²) in [6, 6.07) is 0. The molecule has 1 N–H and O–H groups in total. The van der Waals surface area contributed by atoms with Crippen LogP contribution in [0.3, 0.4) is 0 Å². The summed E-state index contributed by atoms with van der Waals surface area (Å²) < 4.78 is 0. The molecule has 2 atom stereocenters. The first kappa shape index (κ1) is 18.7. The summed E-state index contributed by atoms with van der Waals surface area (Å²) in [7, 11) is 1.99. The van der Waals surface area contributed by atoms with Crippen molar-refractivity contribution in [1.29, 1.82) is 0 Å².